The number of carbonyl (C=O) groups is 2. The van der Waals surface area contributed by atoms with E-state index < -0.39 is 5.91 Å². The first-order valence-corrected chi connectivity index (χ1v) is 8.86. The van der Waals surface area contributed by atoms with Crippen LogP contribution in [0.4, 0.5) is 10.1 Å². The Morgan fingerprint density at radius 2 is 2.04 bits per heavy atom. The van der Waals surface area contributed by atoms with Crippen LogP contribution in [0.3, 0.4) is 0 Å². The highest BCUT2D eigenvalue weighted by molar-refractivity contribution is 8.18. The van der Waals surface area contributed by atoms with Crippen molar-refractivity contribution >= 4 is 52.1 Å². The molecule has 0 unspecified atom stereocenters. The number of thioether (sulfide) groups is 1. The molecule has 3 N–H and O–H groups in total. The van der Waals surface area contributed by atoms with E-state index in [1.54, 1.807) is 24.3 Å². The molecule has 0 atom stereocenters. The Labute approximate surface area is 163 Å². The predicted octanol–water partition coefficient (Wildman–Crippen LogP) is 3.23. The Morgan fingerprint density at radius 1 is 1.30 bits per heavy atom. The number of ether oxygens (including phenoxy) is 1. The molecule has 3 rings (SSSR count). The van der Waals surface area contributed by atoms with Crippen LogP contribution in [-0.4, -0.2) is 23.6 Å². The molecule has 1 saturated heterocycles. The number of hydrogen-bond acceptors (Lipinski definition) is 5. The third-order valence-electron chi connectivity index (χ3n) is 3.33. The topological polar surface area (TPSA) is 93.8 Å². The van der Waals surface area contributed by atoms with Crippen LogP contribution in [0.25, 0.3) is 6.08 Å². The molecule has 2 amide bonds. The van der Waals surface area contributed by atoms with E-state index in [1.165, 1.54) is 24.3 Å². The maximum absolute atomic E-state index is 12.9. The van der Waals surface area contributed by atoms with Crippen molar-refractivity contribution in [2.75, 3.05) is 6.61 Å². The van der Waals surface area contributed by atoms with Crippen molar-refractivity contribution in [2.45, 2.75) is 0 Å². The lowest BCUT2D eigenvalue weighted by atomic mass is 10.2. The summed E-state index contributed by atoms with van der Waals surface area (Å²) in [4.78, 5) is 27.6. The Bertz CT molecular complexity index is 961. The van der Waals surface area contributed by atoms with Gasteiger partial charge in [0.25, 0.3) is 11.8 Å². The van der Waals surface area contributed by atoms with Gasteiger partial charge in [0, 0.05) is 0 Å². The quantitative estimate of drug-likeness (QED) is 0.747. The summed E-state index contributed by atoms with van der Waals surface area (Å²) in [6.45, 7) is -0.276. The van der Waals surface area contributed by atoms with Crippen LogP contribution < -0.4 is 15.8 Å². The molecule has 1 aliphatic rings. The second-order valence-electron chi connectivity index (χ2n) is 5.40. The number of rotatable bonds is 5. The lowest BCUT2D eigenvalue weighted by molar-refractivity contribution is -0.120. The fourth-order valence-corrected chi connectivity index (χ4v) is 3.22. The van der Waals surface area contributed by atoms with Crippen LogP contribution >= 0.6 is 23.4 Å². The Kier molecular flexibility index (Phi) is 5.78. The van der Waals surface area contributed by atoms with Gasteiger partial charge in [0.1, 0.15) is 11.6 Å². The van der Waals surface area contributed by atoms with E-state index in [4.69, 9.17) is 22.1 Å². The molecule has 138 valence electrons. The highest BCUT2D eigenvalue weighted by atomic mass is 35.5. The van der Waals surface area contributed by atoms with E-state index in [9.17, 15) is 14.0 Å². The van der Waals surface area contributed by atoms with Crippen molar-refractivity contribution in [2.24, 2.45) is 10.7 Å². The number of nitrogens with one attached hydrogen (secondary N) is 1. The van der Waals surface area contributed by atoms with Gasteiger partial charge >= 0.3 is 0 Å². The minimum atomic E-state index is -0.607. The summed E-state index contributed by atoms with van der Waals surface area (Å²) >= 11 is 7.27. The Morgan fingerprint density at radius 3 is 2.70 bits per heavy atom. The van der Waals surface area contributed by atoms with Crippen LogP contribution in [0, 0.1) is 5.82 Å². The number of amidine groups is 1. The molecular formula is C18H13ClFN3O3S. The van der Waals surface area contributed by atoms with Crippen molar-refractivity contribution in [3.8, 4) is 5.75 Å². The Balaban J connectivity index is 1.75. The summed E-state index contributed by atoms with van der Waals surface area (Å²) in [6.07, 6.45) is 1.65. The fraction of sp³-hybridized carbons (Fsp3) is 0.0556. The molecule has 0 spiro atoms. The highest BCUT2D eigenvalue weighted by Gasteiger charge is 2.23. The molecule has 0 aliphatic carbocycles. The summed E-state index contributed by atoms with van der Waals surface area (Å²) in [7, 11) is 0. The largest absolute Gasteiger partial charge is 0.482 e. The molecule has 0 saturated carbocycles. The zero-order valence-corrected chi connectivity index (χ0v) is 15.3. The summed E-state index contributed by atoms with van der Waals surface area (Å²) < 4.78 is 18.1. The van der Waals surface area contributed by atoms with Crippen LogP contribution in [0.5, 0.6) is 5.75 Å². The molecule has 9 heteroatoms. The second-order valence-corrected chi connectivity index (χ2v) is 6.84. The van der Waals surface area contributed by atoms with E-state index in [-0.39, 0.29) is 23.4 Å². The second kappa shape index (κ2) is 8.24. The van der Waals surface area contributed by atoms with Gasteiger partial charge < -0.3 is 15.8 Å². The highest BCUT2D eigenvalue weighted by Crippen LogP contribution is 2.31. The molecule has 0 aromatic heterocycles. The van der Waals surface area contributed by atoms with Crippen LogP contribution in [0.15, 0.2) is 52.4 Å². The van der Waals surface area contributed by atoms with E-state index in [0.29, 0.717) is 27.1 Å². The molecule has 1 heterocycles. The lowest BCUT2D eigenvalue weighted by Gasteiger charge is -2.06. The van der Waals surface area contributed by atoms with E-state index in [2.05, 4.69) is 10.3 Å². The molecule has 6 nitrogen and oxygen atoms in total. The van der Waals surface area contributed by atoms with Crippen LogP contribution in [-0.2, 0) is 9.59 Å². The maximum atomic E-state index is 12.9. The molecule has 0 radical (unpaired) electrons. The summed E-state index contributed by atoms with van der Waals surface area (Å²) in [5, 5.41) is 3.33. The molecule has 0 bridgehead atoms. The first kappa shape index (κ1) is 18.9. The number of hydrogen-bond donors (Lipinski definition) is 2. The standard InChI is InChI=1S/C18H13ClFN3O3S/c19-13-7-10(1-6-14(13)26-9-16(21)24)8-15-17(25)23-18(27-15)22-12-4-2-11(20)3-5-12/h1-8H,9H2,(H2,21,24)(H,22,23,25). The Hall–Kier alpha value is -2.84. The minimum Gasteiger partial charge on any atom is -0.482 e. The van der Waals surface area contributed by atoms with Gasteiger partial charge in [0.15, 0.2) is 11.8 Å². The van der Waals surface area contributed by atoms with E-state index >= 15 is 0 Å². The van der Waals surface area contributed by atoms with Crippen molar-refractivity contribution in [3.63, 3.8) is 0 Å². The van der Waals surface area contributed by atoms with Crippen LogP contribution in [0.2, 0.25) is 5.02 Å². The average molecular weight is 406 g/mol. The van der Waals surface area contributed by atoms with Gasteiger partial charge in [-0.3, -0.25) is 9.59 Å². The van der Waals surface area contributed by atoms with Gasteiger partial charge in [-0.25, -0.2) is 9.38 Å². The number of nitrogens with two attached hydrogens (primary N) is 1. The first-order valence-electron chi connectivity index (χ1n) is 7.66. The van der Waals surface area contributed by atoms with Gasteiger partial charge in [-0.2, -0.15) is 0 Å². The number of halogens is 2. The molecule has 2 aromatic carbocycles. The molecule has 1 fully saturated rings. The zero-order chi connectivity index (χ0) is 19.4. The third kappa shape index (κ3) is 5.08. The van der Waals surface area contributed by atoms with Crippen molar-refractivity contribution < 1.29 is 18.7 Å². The van der Waals surface area contributed by atoms with Gasteiger partial charge in [-0.05, 0) is 59.8 Å². The normalized spacial score (nSPS) is 16.6. The number of nitrogens with zero attached hydrogens (tertiary/aromatic N) is 1. The van der Waals surface area contributed by atoms with Gasteiger partial charge in [0.2, 0.25) is 0 Å². The predicted molar refractivity (Wildman–Crippen MR) is 103 cm³/mol. The van der Waals surface area contributed by atoms with Crippen LogP contribution in [0.1, 0.15) is 5.56 Å². The number of amides is 2. The molecule has 1 aliphatic heterocycles. The summed E-state index contributed by atoms with van der Waals surface area (Å²) in [5.74, 6) is -0.946. The SMILES string of the molecule is NC(=O)COc1ccc(C=C2SC(=Nc3ccc(F)cc3)NC2=O)cc1Cl. The van der Waals surface area contributed by atoms with E-state index in [1.807, 2.05) is 0 Å². The van der Waals surface area contributed by atoms with Crippen molar-refractivity contribution in [1.29, 1.82) is 0 Å². The molecule has 27 heavy (non-hydrogen) atoms. The monoisotopic (exact) mass is 405 g/mol. The van der Waals surface area contributed by atoms with E-state index in [0.717, 1.165) is 11.8 Å². The smallest absolute Gasteiger partial charge is 0.264 e. The van der Waals surface area contributed by atoms with Gasteiger partial charge in [-0.1, -0.05) is 17.7 Å². The van der Waals surface area contributed by atoms with Gasteiger partial charge in [-0.15, -0.1) is 0 Å². The fourth-order valence-electron chi connectivity index (χ4n) is 2.14. The number of benzene rings is 2. The minimum absolute atomic E-state index is 0.276. The average Bonchev–Trinajstić information content (AvgIpc) is 2.95. The summed E-state index contributed by atoms with van der Waals surface area (Å²) in [5.41, 5.74) is 6.23. The number of primary amides is 1. The lowest BCUT2D eigenvalue weighted by Crippen LogP contribution is -2.20. The third-order valence-corrected chi connectivity index (χ3v) is 4.54. The zero-order valence-electron chi connectivity index (χ0n) is 13.7. The first-order chi connectivity index (χ1) is 12.9. The molecular weight excluding hydrogens is 393 g/mol. The van der Waals surface area contributed by atoms with Crippen molar-refractivity contribution in [1.82, 2.24) is 5.32 Å². The van der Waals surface area contributed by atoms with Gasteiger partial charge in [0.05, 0.1) is 15.6 Å². The maximum Gasteiger partial charge on any atom is 0.264 e. The molecule has 2 aromatic rings. The summed E-state index contributed by atoms with van der Waals surface area (Å²) in [6, 6.07) is 10.5. The number of carbonyl (C=O) groups excluding carboxylic acids is 2. The number of aliphatic imine (C=N–C) groups is 1. The van der Waals surface area contributed by atoms with Crippen molar-refractivity contribution in [3.05, 3.63) is 63.8 Å².